The van der Waals surface area contributed by atoms with E-state index in [4.69, 9.17) is 9.47 Å². The molecule has 7 heteroatoms. The van der Waals surface area contributed by atoms with Crippen LogP contribution in [0.25, 0.3) is 5.65 Å². The Bertz CT molecular complexity index is 947. The van der Waals surface area contributed by atoms with E-state index in [0.29, 0.717) is 43.5 Å². The molecule has 0 atom stereocenters. The van der Waals surface area contributed by atoms with Crippen molar-refractivity contribution in [1.82, 2.24) is 19.5 Å². The number of benzene rings is 1. The number of hydrogen-bond donors (Lipinski definition) is 0. The van der Waals surface area contributed by atoms with E-state index in [9.17, 15) is 4.79 Å². The molecule has 1 saturated heterocycles. The minimum absolute atomic E-state index is 0.0433. The number of carbonyl (C=O) groups is 1. The fourth-order valence-electron chi connectivity index (χ4n) is 3.62. The Kier molecular flexibility index (Phi) is 5.53. The van der Waals surface area contributed by atoms with Crippen molar-refractivity contribution in [2.24, 2.45) is 0 Å². The van der Waals surface area contributed by atoms with Gasteiger partial charge in [-0.2, -0.15) is 0 Å². The smallest absolute Gasteiger partial charge is 0.253 e. The van der Waals surface area contributed by atoms with Gasteiger partial charge in [-0.15, -0.1) is 10.2 Å². The Morgan fingerprint density at radius 1 is 1.11 bits per heavy atom. The third-order valence-corrected chi connectivity index (χ3v) is 5.12. The number of nitrogens with zero attached hydrogens (tertiary/aromatic N) is 4. The summed E-state index contributed by atoms with van der Waals surface area (Å²) in [5.41, 5.74) is 1.52. The lowest BCUT2D eigenvalue weighted by Gasteiger charge is -2.31. The zero-order valence-corrected chi connectivity index (χ0v) is 16.0. The van der Waals surface area contributed by atoms with Crippen molar-refractivity contribution in [3.05, 3.63) is 60.0 Å². The first-order chi connectivity index (χ1) is 13.8. The molecule has 0 saturated carbocycles. The van der Waals surface area contributed by atoms with Crippen LogP contribution in [0, 0.1) is 0 Å². The van der Waals surface area contributed by atoms with Crippen molar-refractivity contribution in [2.75, 3.05) is 33.4 Å². The molecular formula is C21H24N4O3. The zero-order valence-electron chi connectivity index (χ0n) is 16.0. The summed E-state index contributed by atoms with van der Waals surface area (Å²) in [6.45, 7) is 2.40. The normalized spacial score (nSPS) is 15.1. The van der Waals surface area contributed by atoms with Gasteiger partial charge in [-0.25, -0.2) is 0 Å². The highest BCUT2D eigenvalue weighted by molar-refractivity contribution is 5.94. The average molecular weight is 380 g/mol. The van der Waals surface area contributed by atoms with Crippen molar-refractivity contribution in [3.63, 3.8) is 0 Å². The Hall–Kier alpha value is -2.93. The largest absolute Gasteiger partial charge is 0.491 e. The van der Waals surface area contributed by atoms with Gasteiger partial charge in [0.05, 0.1) is 6.61 Å². The van der Waals surface area contributed by atoms with E-state index in [-0.39, 0.29) is 5.91 Å². The fourth-order valence-corrected chi connectivity index (χ4v) is 3.62. The molecule has 1 aromatic carbocycles. The molecule has 4 rings (SSSR count). The molecule has 0 unspecified atom stereocenters. The minimum Gasteiger partial charge on any atom is -0.491 e. The fraction of sp³-hybridized carbons (Fsp3) is 0.381. The van der Waals surface area contributed by atoms with E-state index >= 15 is 0 Å². The van der Waals surface area contributed by atoms with Crippen LogP contribution in [0.4, 0.5) is 0 Å². The topological polar surface area (TPSA) is 69.0 Å². The van der Waals surface area contributed by atoms with E-state index in [0.717, 1.165) is 24.3 Å². The molecule has 0 bridgehead atoms. The molecule has 1 amide bonds. The lowest BCUT2D eigenvalue weighted by molar-refractivity contribution is 0.0710. The SMILES string of the molecule is COCCOc1cccc(C(=O)N2CCC(c3nnc4ccccn34)CC2)c1. The first-order valence-electron chi connectivity index (χ1n) is 9.57. The van der Waals surface area contributed by atoms with E-state index in [2.05, 4.69) is 10.2 Å². The highest BCUT2D eigenvalue weighted by Crippen LogP contribution is 2.28. The molecule has 28 heavy (non-hydrogen) atoms. The average Bonchev–Trinajstić information content (AvgIpc) is 3.18. The molecule has 3 heterocycles. The first-order valence-corrected chi connectivity index (χ1v) is 9.57. The van der Waals surface area contributed by atoms with Crippen LogP contribution in [0.1, 0.15) is 34.9 Å². The molecular weight excluding hydrogens is 356 g/mol. The number of pyridine rings is 1. The van der Waals surface area contributed by atoms with E-state index in [1.807, 2.05) is 51.9 Å². The van der Waals surface area contributed by atoms with E-state index in [1.54, 1.807) is 13.2 Å². The van der Waals surface area contributed by atoms with Gasteiger partial charge in [0, 0.05) is 37.9 Å². The summed E-state index contributed by atoms with van der Waals surface area (Å²) < 4.78 is 12.7. The Balaban J connectivity index is 1.39. The number of carbonyl (C=O) groups excluding carboxylic acids is 1. The van der Waals surface area contributed by atoms with Crippen molar-refractivity contribution in [3.8, 4) is 5.75 Å². The number of fused-ring (bicyclic) bond motifs is 1. The lowest BCUT2D eigenvalue weighted by atomic mass is 9.95. The van der Waals surface area contributed by atoms with Crippen LogP contribution in [-0.4, -0.2) is 58.8 Å². The van der Waals surface area contributed by atoms with E-state index in [1.165, 1.54) is 0 Å². The number of methoxy groups -OCH3 is 1. The third kappa shape index (κ3) is 3.84. The van der Waals surface area contributed by atoms with Crippen LogP contribution in [-0.2, 0) is 4.74 Å². The second-order valence-corrected chi connectivity index (χ2v) is 6.92. The van der Waals surface area contributed by atoms with Gasteiger partial charge in [0.25, 0.3) is 5.91 Å². The predicted molar refractivity (Wildman–Crippen MR) is 105 cm³/mol. The van der Waals surface area contributed by atoms with Crippen molar-refractivity contribution >= 4 is 11.6 Å². The summed E-state index contributed by atoms with van der Waals surface area (Å²) in [4.78, 5) is 14.8. The molecule has 146 valence electrons. The summed E-state index contributed by atoms with van der Waals surface area (Å²) in [7, 11) is 1.63. The van der Waals surface area contributed by atoms with Gasteiger partial charge >= 0.3 is 0 Å². The van der Waals surface area contributed by atoms with Gasteiger partial charge in [0.1, 0.15) is 18.2 Å². The molecule has 7 nitrogen and oxygen atoms in total. The number of likely N-dealkylation sites (tertiary alicyclic amines) is 1. The van der Waals surface area contributed by atoms with Gasteiger partial charge in [-0.1, -0.05) is 12.1 Å². The highest BCUT2D eigenvalue weighted by Gasteiger charge is 2.27. The van der Waals surface area contributed by atoms with Crippen LogP contribution in [0.15, 0.2) is 48.7 Å². The molecule has 1 aliphatic rings. The monoisotopic (exact) mass is 380 g/mol. The summed E-state index contributed by atoms with van der Waals surface area (Å²) in [5.74, 6) is 2.02. The molecule has 1 aliphatic heterocycles. The number of hydrogen-bond acceptors (Lipinski definition) is 5. The van der Waals surface area contributed by atoms with Crippen LogP contribution >= 0.6 is 0 Å². The van der Waals surface area contributed by atoms with Gasteiger partial charge in [-0.05, 0) is 43.2 Å². The predicted octanol–water partition coefficient (Wildman–Crippen LogP) is 2.77. The Morgan fingerprint density at radius 2 is 1.96 bits per heavy atom. The maximum atomic E-state index is 12.9. The molecule has 1 fully saturated rings. The van der Waals surface area contributed by atoms with Crippen molar-refractivity contribution in [2.45, 2.75) is 18.8 Å². The summed E-state index contributed by atoms with van der Waals surface area (Å²) >= 11 is 0. The highest BCUT2D eigenvalue weighted by atomic mass is 16.5. The second-order valence-electron chi connectivity index (χ2n) is 6.92. The Labute approximate surface area is 163 Å². The summed E-state index contributed by atoms with van der Waals surface area (Å²) in [6, 6.07) is 13.2. The standard InChI is InChI=1S/C21H24N4O3/c1-27-13-14-28-18-6-4-5-17(15-18)21(26)24-11-8-16(9-12-24)20-23-22-19-7-2-3-10-25(19)20/h2-7,10,15-16H,8-9,11-14H2,1H3. The van der Waals surface area contributed by atoms with Crippen LogP contribution in [0.3, 0.4) is 0 Å². The first kappa shape index (κ1) is 18.4. The number of amides is 1. The van der Waals surface area contributed by atoms with Gasteiger partial charge in [-0.3, -0.25) is 9.20 Å². The quantitative estimate of drug-likeness (QED) is 0.615. The van der Waals surface area contributed by atoms with Crippen LogP contribution in [0.5, 0.6) is 5.75 Å². The van der Waals surface area contributed by atoms with Gasteiger partial charge in [0.2, 0.25) is 0 Å². The Morgan fingerprint density at radius 3 is 2.79 bits per heavy atom. The van der Waals surface area contributed by atoms with Crippen molar-refractivity contribution in [1.29, 1.82) is 0 Å². The molecule has 3 aromatic rings. The van der Waals surface area contributed by atoms with Gasteiger partial charge < -0.3 is 14.4 Å². The molecule has 2 aromatic heterocycles. The summed E-state index contributed by atoms with van der Waals surface area (Å²) in [6.07, 6.45) is 3.76. The van der Waals surface area contributed by atoms with Gasteiger partial charge in [0.15, 0.2) is 5.65 Å². The third-order valence-electron chi connectivity index (χ3n) is 5.12. The molecule has 0 N–H and O–H groups in total. The maximum absolute atomic E-state index is 12.9. The molecule has 0 radical (unpaired) electrons. The number of ether oxygens (including phenoxy) is 2. The molecule has 0 spiro atoms. The van der Waals surface area contributed by atoms with E-state index < -0.39 is 0 Å². The number of rotatable bonds is 6. The lowest BCUT2D eigenvalue weighted by Crippen LogP contribution is -2.38. The van der Waals surface area contributed by atoms with Crippen LogP contribution in [0.2, 0.25) is 0 Å². The zero-order chi connectivity index (χ0) is 19.3. The number of piperidine rings is 1. The second kappa shape index (κ2) is 8.39. The van der Waals surface area contributed by atoms with Crippen LogP contribution < -0.4 is 4.74 Å². The molecule has 0 aliphatic carbocycles. The summed E-state index contributed by atoms with van der Waals surface area (Å²) in [5, 5.41) is 8.62. The minimum atomic E-state index is 0.0433. The maximum Gasteiger partial charge on any atom is 0.253 e. The van der Waals surface area contributed by atoms with Crippen molar-refractivity contribution < 1.29 is 14.3 Å². The number of aromatic nitrogens is 3.